The number of carbonyl (C=O) groups excluding carboxylic acids is 1. The number of ether oxygens (including phenoxy) is 1. The van der Waals surface area contributed by atoms with Crippen molar-refractivity contribution in [2.24, 2.45) is 6.98 Å². The van der Waals surface area contributed by atoms with Crippen LogP contribution in [0.3, 0.4) is 0 Å². The van der Waals surface area contributed by atoms with Crippen molar-refractivity contribution in [2.75, 3.05) is 19.0 Å². The van der Waals surface area contributed by atoms with Gasteiger partial charge in [-0.15, -0.1) is 0 Å². The first-order valence-corrected chi connectivity index (χ1v) is 10.8. The Bertz CT molecular complexity index is 1640. The van der Waals surface area contributed by atoms with E-state index in [0.29, 0.717) is 22.5 Å². The molecular weight excluding hydrogens is 470 g/mol. The molecule has 1 aromatic carbocycles. The number of fused-ring (bicyclic) bond motifs is 1. The molecule has 0 spiro atoms. The van der Waals surface area contributed by atoms with Gasteiger partial charge >= 0.3 is 0 Å². The molecule has 36 heavy (non-hydrogen) atoms. The molecule has 4 aromatic rings. The normalized spacial score (nSPS) is 18.5. The van der Waals surface area contributed by atoms with Gasteiger partial charge in [-0.05, 0) is 30.2 Å². The Labute approximate surface area is 214 Å². The van der Waals surface area contributed by atoms with Crippen LogP contribution in [0.1, 0.15) is 30.0 Å². The second kappa shape index (κ2) is 9.46. The second-order valence-corrected chi connectivity index (χ2v) is 8.23. The van der Waals surface area contributed by atoms with E-state index in [-0.39, 0.29) is 37.3 Å². The van der Waals surface area contributed by atoms with Crippen LogP contribution in [0.25, 0.3) is 11.4 Å². The van der Waals surface area contributed by atoms with E-state index < -0.39 is 37.6 Å². The van der Waals surface area contributed by atoms with Crippen molar-refractivity contribution < 1.29 is 26.5 Å². The predicted molar refractivity (Wildman–Crippen MR) is 126 cm³/mol. The number of benzene rings is 1. The van der Waals surface area contributed by atoms with E-state index in [4.69, 9.17) is 13.0 Å². The summed E-state index contributed by atoms with van der Waals surface area (Å²) in [5.74, 6) is -2.49. The van der Waals surface area contributed by atoms with Crippen molar-refractivity contribution in [1.29, 1.82) is 0 Å². The lowest BCUT2D eigenvalue weighted by Gasteiger charge is -2.35. The molecule has 1 N–H and O–H groups in total. The zero-order valence-electron chi connectivity index (χ0n) is 24.9. The molecule has 10 nitrogen and oxygen atoms in total. The highest BCUT2D eigenvalue weighted by Gasteiger charge is 2.35. The molecule has 0 saturated carbocycles. The maximum Gasteiger partial charge on any atom is 0.290 e. The quantitative estimate of drug-likeness (QED) is 0.416. The maximum absolute atomic E-state index is 13.9. The summed E-state index contributed by atoms with van der Waals surface area (Å²) < 4.78 is 79.8. The fourth-order valence-corrected chi connectivity index (χ4v) is 4.01. The number of rotatable bonds is 7. The van der Waals surface area contributed by atoms with Gasteiger partial charge < -0.3 is 19.5 Å². The van der Waals surface area contributed by atoms with Gasteiger partial charge in [0.1, 0.15) is 11.5 Å². The minimum atomic E-state index is -2.71. The highest BCUT2D eigenvalue weighted by atomic mass is 19.2. The van der Waals surface area contributed by atoms with E-state index in [1.807, 2.05) is 0 Å². The van der Waals surface area contributed by atoms with Crippen LogP contribution in [0.2, 0.25) is 0 Å². The first kappa shape index (κ1) is 17.3. The van der Waals surface area contributed by atoms with Crippen LogP contribution in [0.4, 0.5) is 20.5 Å². The van der Waals surface area contributed by atoms with Crippen molar-refractivity contribution in [2.45, 2.75) is 26.1 Å². The predicted octanol–water partition coefficient (Wildman–Crippen LogP) is 3.07. The molecule has 1 aliphatic heterocycles. The molecule has 0 saturated heterocycles. The molecule has 0 fully saturated rings. The summed E-state index contributed by atoms with van der Waals surface area (Å²) in [5.41, 5.74) is 1.55. The standard InChI is InChI=1S/C24H24F2N8O2/c1-14-9-27-24(30-20-6-7-28-32(20)2)31-21(14)19-12-33-11-16(13-36-3)34(23(35)22(33)29-19)10-15-4-5-17(25)18(26)8-15/h4-9,12,16H,10-11,13H2,1-3H3,(H,27,30,31)/t16-/m0/s1/i2D3,3D3. The van der Waals surface area contributed by atoms with Crippen LogP contribution < -0.4 is 5.32 Å². The van der Waals surface area contributed by atoms with E-state index in [2.05, 4.69) is 25.4 Å². The monoisotopic (exact) mass is 500 g/mol. The number of carbonyl (C=O) groups is 1. The minimum absolute atomic E-state index is 0.0192. The number of nitrogens with one attached hydrogen (secondary N) is 1. The highest BCUT2D eigenvalue weighted by molar-refractivity contribution is 5.92. The number of methoxy groups -OCH3 is 1. The van der Waals surface area contributed by atoms with Gasteiger partial charge in [0.2, 0.25) is 5.95 Å². The first-order valence-electron chi connectivity index (χ1n) is 13.8. The summed E-state index contributed by atoms with van der Waals surface area (Å²) >= 11 is 0. The Morgan fingerprint density at radius 3 is 2.94 bits per heavy atom. The fourth-order valence-electron chi connectivity index (χ4n) is 4.01. The molecule has 0 bridgehead atoms. The Hall–Kier alpha value is -4.19. The van der Waals surface area contributed by atoms with E-state index in [9.17, 15) is 13.6 Å². The lowest BCUT2D eigenvalue weighted by molar-refractivity contribution is 0.0379. The number of anilines is 2. The molecule has 5 rings (SSSR count). The average Bonchev–Trinajstić information content (AvgIpc) is 3.55. The van der Waals surface area contributed by atoms with Crippen LogP contribution in [-0.2, 0) is 24.8 Å². The molecule has 186 valence electrons. The molecule has 0 unspecified atom stereocenters. The molecule has 4 heterocycles. The van der Waals surface area contributed by atoms with Gasteiger partial charge in [-0.1, -0.05) is 6.07 Å². The summed E-state index contributed by atoms with van der Waals surface area (Å²) in [4.78, 5) is 28.1. The van der Waals surface area contributed by atoms with Crippen LogP contribution in [-0.4, -0.2) is 59.8 Å². The number of hydrogen-bond acceptors (Lipinski definition) is 7. The third-order valence-corrected chi connectivity index (χ3v) is 5.79. The van der Waals surface area contributed by atoms with Crippen LogP contribution in [0.15, 0.2) is 42.9 Å². The van der Waals surface area contributed by atoms with Gasteiger partial charge in [0.25, 0.3) is 5.91 Å². The summed E-state index contributed by atoms with van der Waals surface area (Å²) in [5, 5.41) is 6.64. The van der Waals surface area contributed by atoms with Gasteiger partial charge in [-0.25, -0.2) is 23.7 Å². The third-order valence-electron chi connectivity index (χ3n) is 5.79. The Kier molecular flexibility index (Phi) is 4.54. The number of halogens is 2. The zero-order valence-corrected chi connectivity index (χ0v) is 18.9. The van der Waals surface area contributed by atoms with Crippen molar-refractivity contribution in [3.8, 4) is 11.4 Å². The molecule has 3 aromatic heterocycles. The van der Waals surface area contributed by atoms with Crippen LogP contribution in [0.5, 0.6) is 0 Å². The smallest absolute Gasteiger partial charge is 0.290 e. The summed E-state index contributed by atoms with van der Waals surface area (Å²) in [6, 6.07) is 3.92. The molecule has 0 radical (unpaired) electrons. The summed E-state index contributed by atoms with van der Waals surface area (Å²) in [6.45, 7) is -1.20. The number of aryl methyl sites for hydroxylation is 2. The van der Waals surface area contributed by atoms with Gasteiger partial charge in [0, 0.05) is 49.7 Å². The molecular formula is C24H24F2N8O2. The first-order chi connectivity index (χ1) is 19.7. The van der Waals surface area contributed by atoms with E-state index in [1.54, 1.807) is 17.7 Å². The van der Waals surface area contributed by atoms with Crippen molar-refractivity contribution >= 4 is 17.7 Å². The lowest BCUT2D eigenvalue weighted by Crippen LogP contribution is -2.49. The molecule has 1 atom stereocenters. The van der Waals surface area contributed by atoms with Gasteiger partial charge in [-0.2, -0.15) is 5.10 Å². The number of hydrogen-bond donors (Lipinski definition) is 1. The number of nitrogens with zero attached hydrogens (tertiary/aromatic N) is 7. The summed E-state index contributed by atoms with van der Waals surface area (Å²) in [6.07, 6.45) is 4.40. The topological polar surface area (TPSA) is 103 Å². The van der Waals surface area contributed by atoms with Gasteiger partial charge in [0.05, 0.1) is 28.7 Å². The Balaban J connectivity index is 1.46. The van der Waals surface area contributed by atoms with E-state index in [0.717, 1.165) is 16.8 Å². The van der Waals surface area contributed by atoms with Gasteiger partial charge in [0.15, 0.2) is 17.5 Å². The zero-order chi connectivity index (χ0) is 30.4. The summed E-state index contributed by atoms with van der Waals surface area (Å²) in [7, 11) is -2.71. The van der Waals surface area contributed by atoms with Gasteiger partial charge in [-0.3, -0.25) is 9.48 Å². The van der Waals surface area contributed by atoms with Crippen LogP contribution >= 0.6 is 0 Å². The fraction of sp³-hybridized carbons (Fsp3) is 0.292. The Morgan fingerprint density at radius 1 is 1.25 bits per heavy atom. The van der Waals surface area contributed by atoms with Crippen molar-refractivity contribution in [1.82, 2.24) is 34.2 Å². The van der Waals surface area contributed by atoms with Crippen molar-refractivity contribution in [3.05, 3.63) is 71.4 Å². The third kappa shape index (κ3) is 4.42. The molecule has 0 aliphatic carbocycles. The van der Waals surface area contributed by atoms with Crippen LogP contribution in [0, 0.1) is 18.6 Å². The minimum Gasteiger partial charge on any atom is -0.382 e. The highest BCUT2D eigenvalue weighted by Crippen LogP contribution is 2.27. The second-order valence-electron chi connectivity index (χ2n) is 8.23. The molecule has 12 heteroatoms. The average molecular weight is 501 g/mol. The molecule has 1 aliphatic rings. The number of amides is 1. The van der Waals surface area contributed by atoms with E-state index in [1.165, 1.54) is 29.4 Å². The van der Waals surface area contributed by atoms with Crippen molar-refractivity contribution in [3.63, 3.8) is 0 Å². The lowest BCUT2D eigenvalue weighted by atomic mass is 10.1. The SMILES string of the molecule is [2H]C([2H])([2H])OC[C@@H]1Cn2cc(-c3nc(Nc4ccnn4C([2H])([2H])[2H])ncc3C)nc2C(=O)N1Cc1ccc(F)c(F)c1. The largest absolute Gasteiger partial charge is 0.382 e. The Morgan fingerprint density at radius 2 is 2.14 bits per heavy atom. The van der Waals surface area contributed by atoms with E-state index >= 15 is 0 Å². The number of imidazole rings is 1. The molecule has 1 amide bonds. The number of aromatic nitrogens is 6. The maximum atomic E-state index is 13.9.